The zero-order chi connectivity index (χ0) is 19.2. The Morgan fingerprint density at radius 3 is 1.59 bits per heavy atom. The number of rotatable bonds is 2. The van der Waals surface area contributed by atoms with E-state index in [1.807, 2.05) is 36.0 Å². The average Bonchev–Trinajstić information content (AvgIpc) is 3.22. The maximum Gasteiger partial charge on any atom is 0.113 e. The van der Waals surface area contributed by atoms with Gasteiger partial charge in [-0.1, -0.05) is 48.2 Å². The van der Waals surface area contributed by atoms with Gasteiger partial charge in [0.2, 0.25) is 0 Å². The van der Waals surface area contributed by atoms with Crippen molar-refractivity contribution in [2.45, 2.75) is 9.79 Å². The summed E-state index contributed by atoms with van der Waals surface area (Å²) in [7, 11) is 0. The summed E-state index contributed by atoms with van der Waals surface area (Å²) in [6.07, 6.45) is 0. The van der Waals surface area contributed by atoms with Gasteiger partial charge in [0.15, 0.2) is 0 Å². The van der Waals surface area contributed by atoms with Crippen LogP contribution in [-0.4, -0.2) is 15.0 Å². The molecule has 1 aliphatic heterocycles. The molecule has 2 heterocycles. The van der Waals surface area contributed by atoms with Gasteiger partial charge in [0.25, 0.3) is 0 Å². The molecule has 1 aliphatic rings. The van der Waals surface area contributed by atoms with E-state index in [2.05, 4.69) is 87.9 Å². The van der Waals surface area contributed by atoms with E-state index < -0.39 is 0 Å². The predicted molar refractivity (Wildman–Crippen MR) is 118 cm³/mol. The third kappa shape index (κ3) is 2.70. The summed E-state index contributed by atoms with van der Waals surface area (Å²) in [4.78, 5) is 6.53. The van der Waals surface area contributed by atoms with Crippen molar-refractivity contribution in [1.82, 2.24) is 15.0 Å². The molecule has 0 aliphatic carbocycles. The first-order valence-electron chi connectivity index (χ1n) is 9.45. The van der Waals surface area contributed by atoms with E-state index in [4.69, 9.17) is 0 Å². The minimum Gasteiger partial charge on any atom is -0.308 e. The minimum atomic E-state index is 0.896. The van der Waals surface area contributed by atoms with Gasteiger partial charge in [0.1, 0.15) is 11.0 Å². The van der Waals surface area contributed by atoms with Crippen LogP contribution in [0.15, 0.2) is 107 Å². The lowest BCUT2D eigenvalue weighted by atomic mass is 10.1. The summed E-state index contributed by atoms with van der Waals surface area (Å²) in [5, 5.41) is 9.17. The second-order valence-electron chi connectivity index (χ2n) is 6.87. The van der Waals surface area contributed by atoms with E-state index in [0.29, 0.717) is 0 Å². The Bertz CT molecular complexity index is 1260. The molecule has 0 unspecified atom stereocenters. The van der Waals surface area contributed by atoms with Gasteiger partial charge in [-0.2, -0.15) is 4.80 Å². The molecule has 0 radical (unpaired) electrons. The molecule has 0 bridgehead atoms. The Hall–Kier alpha value is -3.57. The lowest BCUT2D eigenvalue weighted by Crippen LogP contribution is -2.14. The molecule has 1 aromatic heterocycles. The Kier molecular flexibility index (Phi) is 3.67. The smallest absolute Gasteiger partial charge is 0.113 e. The number of benzene rings is 4. The average molecular weight is 392 g/mol. The van der Waals surface area contributed by atoms with E-state index in [1.165, 1.54) is 21.2 Å². The molecule has 0 saturated carbocycles. The van der Waals surface area contributed by atoms with Crippen LogP contribution in [0.25, 0.3) is 16.7 Å². The molecule has 138 valence electrons. The Labute approximate surface area is 172 Å². The van der Waals surface area contributed by atoms with Crippen molar-refractivity contribution < 1.29 is 0 Å². The maximum atomic E-state index is 4.59. The van der Waals surface area contributed by atoms with Crippen LogP contribution in [0, 0.1) is 0 Å². The van der Waals surface area contributed by atoms with Gasteiger partial charge in [-0.15, -0.1) is 10.2 Å². The molecule has 0 N–H and O–H groups in total. The molecule has 0 amide bonds. The maximum absolute atomic E-state index is 4.59. The molecule has 4 nitrogen and oxygen atoms in total. The zero-order valence-electron chi connectivity index (χ0n) is 15.4. The van der Waals surface area contributed by atoms with Crippen LogP contribution in [-0.2, 0) is 0 Å². The van der Waals surface area contributed by atoms with Gasteiger partial charge in [-0.3, -0.25) is 0 Å². The molecule has 0 saturated heterocycles. The van der Waals surface area contributed by atoms with Crippen molar-refractivity contribution in [3.8, 4) is 5.69 Å². The first kappa shape index (κ1) is 16.4. The SMILES string of the molecule is c1ccc2c(c1)Sc1ccccc1N2c1ccc(-n2nc3ccccc3n2)cc1. The molecule has 0 fully saturated rings. The van der Waals surface area contributed by atoms with Gasteiger partial charge in [-0.05, 0) is 60.7 Å². The van der Waals surface area contributed by atoms with Crippen molar-refractivity contribution in [3.05, 3.63) is 97.1 Å². The summed E-state index contributed by atoms with van der Waals surface area (Å²) >= 11 is 1.82. The summed E-state index contributed by atoms with van der Waals surface area (Å²) in [5.41, 5.74) is 6.25. The molecular weight excluding hydrogens is 376 g/mol. The van der Waals surface area contributed by atoms with E-state index in [9.17, 15) is 0 Å². The summed E-state index contributed by atoms with van der Waals surface area (Å²) in [6.45, 7) is 0. The van der Waals surface area contributed by atoms with Crippen molar-refractivity contribution in [3.63, 3.8) is 0 Å². The number of hydrogen-bond donors (Lipinski definition) is 0. The predicted octanol–water partition coefficient (Wildman–Crippen LogP) is 6.35. The van der Waals surface area contributed by atoms with Crippen LogP contribution >= 0.6 is 11.8 Å². The van der Waals surface area contributed by atoms with E-state index in [1.54, 1.807) is 4.80 Å². The van der Waals surface area contributed by atoms with Crippen LogP contribution in [0.4, 0.5) is 17.1 Å². The molecular formula is C24H16N4S. The zero-order valence-corrected chi connectivity index (χ0v) is 16.3. The van der Waals surface area contributed by atoms with Crippen molar-refractivity contribution in [2.75, 3.05) is 4.90 Å². The normalized spacial score (nSPS) is 12.6. The number of hydrogen-bond acceptors (Lipinski definition) is 4. The molecule has 4 aromatic carbocycles. The van der Waals surface area contributed by atoms with Gasteiger partial charge in [0.05, 0.1) is 17.1 Å². The van der Waals surface area contributed by atoms with Gasteiger partial charge in [0, 0.05) is 15.5 Å². The van der Waals surface area contributed by atoms with Gasteiger partial charge < -0.3 is 4.90 Å². The first-order chi connectivity index (χ1) is 14.4. The number of aromatic nitrogens is 3. The number of para-hydroxylation sites is 2. The van der Waals surface area contributed by atoms with Crippen molar-refractivity contribution in [1.29, 1.82) is 0 Å². The summed E-state index contributed by atoms with van der Waals surface area (Å²) in [5.74, 6) is 0. The largest absolute Gasteiger partial charge is 0.308 e. The fourth-order valence-corrected chi connectivity index (χ4v) is 4.75. The molecule has 0 spiro atoms. The summed E-state index contributed by atoms with van der Waals surface area (Å²) in [6, 6.07) is 33.4. The van der Waals surface area contributed by atoms with Gasteiger partial charge >= 0.3 is 0 Å². The molecule has 0 atom stereocenters. The van der Waals surface area contributed by atoms with Crippen LogP contribution in [0.3, 0.4) is 0 Å². The molecule has 5 heteroatoms. The lowest BCUT2D eigenvalue weighted by Gasteiger charge is -2.32. The van der Waals surface area contributed by atoms with Crippen LogP contribution in [0.1, 0.15) is 0 Å². The van der Waals surface area contributed by atoms with E-state index in [-0.39, 0.29) is 0 Å². The van der Waals surface area contributed by atoms with Gasteiger partial charge in [-0.25, -0.2) is 0 Å². The number of nitrogens with zero attached hydrogens (tertiary/aromatic N) is 4. The monoisotopic (exact) mass is 392 g/mol. The second-order valence-corrected chi connectivity index (χ2v) is 7.95. The Balaban J connectivity index is 1.44. The number of fused-ring (bicyclic) bond motifs is 3. The Morgan fingerprint density at radius 2 is 1.00 bits per heavy atom. The third-order valence-electron chi connectivity index (χ3n) is 5.06. The topological polar surface area (TPSA) is 34.0 Å². The van der Waals surface area contributed by atoms with Crippen molar-refractivity contribution >= 4 is 39.9 Å². The highest BCUT2D eigenvalue weighted by Gasteiger charge is 2.24. The second kappa shape index (κ2) is 6.50. The highest BCUT2D eigenvalue weighted by molar-refractivity contribution is 7.99. The third-order valence-corrected chi connectivity index (χ3v) is 6.19. The minimum absolute atomic E-state index is 0.896. The van der Waals surface area contributed by atoms with E-state index in [0.717, 1.165) is 22.4 Å². The standard InChI is InChI=1S/C24H16N4S/c1-2-8-20-19(7-1)25-28(26-20)18-15-13-17(14-16-18)27-21-9-3-5-11-23(21)29-24-12-6-4-10-22(24)27/h1-16H. The molecule has 29 heavy (non-hydrogen) atoms. The fraction of sp³-hybridized carbons (Fsp3) is 0. The molecule has 6 rings (SSSR count). The number of anilines is 3. The fourth-order valence-electron chi connectivity index (χ4n) is 3.69. The quantitative estimate of drug-likeness (QED) is 0.344. The summed E-state index contributed by atoms with van der Waals surface area (Å²) < 4.78 is 0. The van der Waals surface area contributed by atoms with Crippen LogP contribution < -0.4 is 4.90 Å². The highest BCUT2D eigenvalue weighted by atomic mass is 32.2. The van der Waals surface area contributed by atoms with E-state index >= 15 is 0 Å². The van der Waals surface area contributed by atoms with Crippen molar-refractivity contribution in [2.24, 2.45) is 0 Å². The van der Waals surface area contributed by atoms with Crippen LogP contribution in [0.2, 0.25) is 0 Å². The lowest BCUT2D eigenvalue weighted by molar-refractivity contribution is 0.765. The van der Waals surface area contributed by atoms with Crippen LogP contribution in [0.5, 0.6) is 0 Å². The Morgan fingerprint density at radius 1 is 0.517 bits per heavy atom. The highest BCUT2D eigenvalue weighted by Crippen LogP contribution is 2.51. The first-order valence-corrected chi connectivity index (χ1v) is 10.3. The molecule has 5 aromatic rings.